The topological polar surface area (TPSA) is 59.9 Å². The normalized spacial score (nSPS) is 14.6. The van der Waals surface area contributed by atoms with Gasteiger partial charge in [0.15, 0.2) is 0 Å². The summed E-state index contributed by atoms with van der Waals surface area (Å²) >= 11 is 0. The van der Waals surface area contributed by atoms with Crippen molar-refractivity contribution in [2.75, 3.05) is 0 Å². The van der Waals surface area contributed by atoms with E-state index >= 15 is 0 Å². The first kappa shape index (κ1) is 15.2. The van der Waals surface area contributed by atoms with Crippen LogP contribution < -0.4 is 0 Å². The smallest absolute Gasteiger partial charge is 0.207 e. The van der Waals surface area contributed by atoms with E-state index in [1.165, 1.54) is 0 Å². The van der Waals surface area contributed by atoms with Crippen molar-refractivity contribution in [3.05, 3.63) is 84.1 Å². The first-order chi connectivity index (χ1) is 12.6. The van der Waals surface area contributed by atoms with Crippen LogP contribution in [0, 0.1) is 0 Å². The fourth-order valence-electron chi connectivity index (χ4n) is 3.49. The van der Waals surface area contributed by atoms with Crippen LogP contribution in [0.2, 0.25) is 0 Å². The summed E-state index contributed by atoms with van der Waals surface area (Å²) < 4.78 is 25.8. The SMILES string of the molecule is O=S1(=O)c2ccccc2Cc2cc(-c3ccc4ncccc4n3)ccc21. The number of aromatic nitrogens is 2. The number of rotatable bonds is 1. The summed E-state index contributed by atoms with van der Waals surface area (Å²) in [7, 11) is -3.47. The number of hydrogen-bond donors (Lipinski definition) is 0. The lowest BCUT2D eigenvalue weighted by molar-refractivity contribution is 0.591. The van der Waals surface area contributed by atoms with Crippen LogP contribution in [0.15, 0.2) is 82.7 Å². The van der Waals surface area contributed by atoms with Gasteiger partial charge in [-0.15, -0.1) is 0 Å². The highest BCUT2D eigenvalue weighted by Crippen LogP contribution is 2.36. The molecule has 5 rings (SSSR count). The van der Waals surface area contributed by atoms with Crippen LogP contribution in [0.1, 0.15) is 11.1 Å². The van der Waals surface area contributed by atoms with Crippen molar-refractivity contribution in [2.24, 2.45) is 0 Å². The molecule has 5 heteroatoms. The van der Waals surface area contributed by atoms with E-state index in [0.29, 0.717) is 16.2 Å². The summed E-state index contributed by atoms with van der Waals surface area (Å²) in [4.78, 5) is 9.75. The predicted molar refractivity (Wildman–Crippen MR) is 99.7 cm³/mol. The Kier molecular flexibility index (Phi) is 3.21. The lowest BCUT2D eigenvalue weighted by atomic mass is 10.0. The second-order valence-electron chi connectivity index (χ2n) is 6.35. The molecule has 0 bridgehead atoms. The predicted octanol–water partition coefficient (Wildman–Crippen LogP) is 4.03. The van der Waals surface area contributed by atoms with Crippen LogP contribution in [-0.4, -0.2) is 18.4 Å². The first-order valence-electron chi connectivity index (χ1n) is 8.31. The largest absolute Gasteiger partial charge is 0.255 e. The van der Waals surface area contributed by atoms with E-state index in [9.17, 15) is 8.42 Å². The summed E-state index contributed by atoms with van der Waals surface area (Å²) in [6.45, 7) is 0. The highest BCUT2D eigenvalue weighted by atomic mass is 32.2. The third kappa shape index (κ3) is 2.24. The van der Waals surface area contributed by atoms with Crippen molar-refractivity contribution >= 4 is 20.9 Å². The fraction of sp³-hybridized carbons (Fsp3) is 0.0476. The molecular formula is C21H14N2O2S. The van der Waals surface area contributed by atoms with E-state index in [4.69, 9.17) is 0 Å². The summed E-state index contributed by atoms with van der Waals surface area (Å²) in [5, 5.41) is 0. The van der Waals surface area contributed by atoms with Crippen LogP contribution in [0.3, 0.4) is 0 Å². The molecule has 3 heterocycles. The molecule has 26 heavy (non-hydrogen) atoms. The molecule has 0 amide bonds. The molecule has 4 aromatic rings. The van der Waals surface area contributed by atoms with Crippen LogP contribution in [0.25, 0.3) is 22.3 Å². The van der Waals surface area contributed by atoms with Crippen molar-refractivity contribution in [1.29, 1.82) is 0 Å². The van der Waals surface area contributed by atoms with Gasteiger partial charge in [-0.05, 0) is 53.6 Å². The number of nitrogens with zero attached hydrogens (tertiary/aromatic N) is 2. The maximum absolute atomic E-state index is 12.9. The zero-order valence-corrected chi connectivity index (χ0v) is 14.6. The lowest BCUT2D eigenvalue weighted by Gasteiger charge is -2.20. The Morgan fingerprint density at radius 2 is 1.62 bits per heavy atom. The van der Waals surface area contributed by atoms with Crippen LogP contribution in [-0.2, 0) is 16.3 Å². The molecule has 0 unspecified atom stereocenters. The molecule has 2 aromatic carbocycles. The first-order valence-corrected chi connectivity index (χ1v) is 9.79. The summed E-state index contributed by atoms with van der Waals surface area (Å²) in [5.74, 6) is 0. The van der Waals surface area contributed by atoms with Crippen LogP contribution in [0.5, 0.6) is 0 Å². The van der Waals surface area contributed by atoms with E-state index in [0.717, 1.165) is 33.4 Å². The molecule has 0 fully saturated rings. The van der Waals surface area contributed by atoms with Gasteiger partial charge in [-0.1, -0.05) is 24.3 Å². The summed E-state index contributed by atoms with van der Waals surface area (Å²) in [6, 6.07) is 20.3. The standard InChI is InChI=1S/C21H14N2O2S/c24-26(25)20-6-2-1-4-15(20)13-16-12-14(7-10-21(16)26)17-8-9-18-19(23-17)5-3-11-22-18/h1-12H,13H2. The van der Waals surface area contributed by atoms with E-state index < -0.39 is 9.84 Å². The molecule has 2 aromatic heterocycles. The van der Waals surface area contributed by atoms with Gasteiger partial charge in [0.2, 0.25) is 9.84 Å². The Labute approximate surface area is 151 Å². The third-order valence-corrected chi connectivity index (χ3v) is 6.70. The second kappa shape index (κ2) is 5.47. The van der Waals surface area contributed by atoms with Gasteiger partial charge >= 0.3 is 0 Å². The van der Waals surface area contributed by atoms with Crippen molar-refractivity contribution in [3.8, 4) is 11.3 Å². The molecule has 0 atom stereocenters. The van der Waals surface area contributed by atoms with Gasteiger partial charge in [0.1, 0.15) is 0 Å². The molecule has 1 aliphatic heterocycles. The molecule has 0 saturated heterocycles. The van der Waals surface area contributed by atoms with E-state index in [2.05, 4.69) is 9.97 Å². The molecule has 0 aliphatic carbocycles. The number of hydrogen-bond acceptors (Lipinski definition) is 4. The van der Waals surface area contributed by atoms with E-state index in [-0.39, 0.29) is 0 Å². The minimum Gasteiger partial charge on any atom is -0.255 e. The molecular weight excluding hydrogens is 344 g/mol. The van der Waals surface area contributed by atoms with Crippen molar-refractivity contribution < 1.29 is 8.42 Å². The number of pyridine rings is 2. The second-order valence-corrected chi connectivity index (χ2v) is 8.24. The Morgan fingerprint density at radius 1 is 0.769 bits per heavy atom. The van der Waals surface area contributed by atoms with Gasteiger partial charge in [0, 0.05) is 18.2 Å². The number of sulfone groups is 1. The number of benzene rings is 2. The molecule has 0 saturated carbocycles. The zero-order chi connectivity index (χ0) is 17.7. The highest BCUT2D eigenvalue weighted by molar-refractivity contribution is 7.91. The minimum absolute atomic E-state index is 0.391. The Morgan fingerprint density at radius 3 is 2.54 bits per heavy atom. The molecule has 1 aliphatic rings. The Hall–Kier alpha value is -3.05. The maximum atomic E-state index is 12.9. The van der Waals surface area contributed by atoms with E-state index in [1.54, 1.807) is 24.4 Å². The fourth-order valence-corrected chi connectivity index (χ4v) is 5.20. The number of fused-ring (bicyclic) bond motifs is 3. The average Bonchev–Trinajstić information content (AvgIpc) is 2.67. The molecule has 126 valence electrons. The summed E-state index contributed by atoms with van der Waals surface area (Å²) in [5.41, 5.74) is 5.03. The van der Waals surface area contributed by atoms with Crippen molar-refractivity contribution in [1.82, 2.24) is 9.97 Å². The zero-order valence-electron chi connectivity index (χ0n) is 13.8. The van der Waals surface area contributed by atoms with Gasteiger partial charge < -0.3 is 0 Å². The van der Waals surface area contributed by atoms with Gasteiger partial charge in [0.05, 0.1) is 26.5 Å². The van der Waals surface area contributed by atoms with Gasteiger partial charge in [-0.3, -0.25) is 4.98 Å². The Bertz CT molecular complexity index is 1280. The van der Waals surface area contributed by atoms with Crippen LogP contribution in [0.4, 0.5) is 0 Å². The molecule has 0 N–H and O–H groups in total. The molecule has 4 nitrogen and oxygen atoms in total. The average molecular weight is 358 g/mol. The van der Waals surface area contributed by atoms with E-state index in [1.807, 2.05) is 48.5 Å². The molecule has 0 radical (unpaired) electrons. The highest BCUT2D eigenvalue weighted by Gasteiger charge is 2.29. The maximum Gasteiger partial charge on any atom is 0.207 e. The lowest BCUT2D eigenvalue weighted by Crippen LogP contribution is -2.14. The van der Waals surface area contributed by atoms with Gasteiger partial charge in [-0.2, -0.15) is 0 Å². The van der Waals surface area contributed by atoms with Crippen molar-refractivity contribution in [3.63, 3.8) is 0 Å². The molecule has 0 spiro atoms. The van der Waals surface area contributed by atoms with Crippen molar-refractivity contribution in [2.45, 2.75) is 16.2 Å². The van der Waals surface area contributed by atoms with Gasteiger partial charge in [-0.25, -0.2) is 13.4 Å². The Balaban J connectivity index is 1.66. The summed E-state index contributed by atoms with van der Waals surface area (Å²) in [6.07, 6.45) is 2.35. The van der Waals surface area contributed by atoms with Crippen LogP contribution >= 0.6 is 0 Å². The quantitative estimate of drug-likeness (QED) is 0.454. The third-order valence-electron chi connectivity index (χ3n) is 4.74. The van der Waals surface area contributed by atoms with Gasteiger partial charge in [0.25, 0.3) is 0 Å². The monoisotopic (exact) mass is 358 g/mol. The minimum atomic E-state index is -3.47.